The van der Waals surface area contributed by atoms with Gasteiger partial charge < -0.3 is 9.67 Å². The van der Waals surface area contributed by atoms with Gasteiger partial charge >= 0.3 is 0 Å². The Balaban J connectivity index is 2.44. The molecule has 0 aliphatic rings. The van der Waals surface area contributed by atoms with Gasteiger partial charge in [0.1, 0.15) is 0 Å². The fourth-order valence-electron chi connectivity index (χ4n) is 2.48. The molecule has 2 aromatic rings. The molecule has 1 N–H and O–H groups in total. The first-order valence-corrected chi connectivity index (χ1v) is 8.53. The number of nitrogens with zero attached hydrogens (tertiary/aromatic N) is 2. The molecule has 0 radical (unpaired) electrons. The molecule has 0 atom stereocenters. The third kappa shape index (κ3) is 3.67. The summed E-state index contributed by atoms with van der Waals surface area (Å²) >= 11 is 7.72. The van der Waals surface area contributed by atoms with Crippen molar-refractivity contribution in [2.45, 2.75) is 43.2 Å². The minimum Gasteiger partial charge on any atom is -0.396 e. The summed E-state index contributed by atoms with van der Waals surface area (Å²) in [5.74, 6) is 0. The Labute approximate surface area is 140 Å². The number of hydrogen-bond donors (Lipinski definition) is 1. The molecule has 3 nitrogen and oxygen atoms in total. The van der Waals surface area contributed by atoms with E-state index >= 15 is 0 Å². The van der Waals surface area contributed by atoms with Crippen LogP contribution in [0.4, 0.5) is 0 Å². The van der Waals surface area contributed by atoms with Gasteiger partial charge in [0.2, 0.25) is 0 Å². The summed E-state index contributed by atoms with van der Waals surface area (Å²) in [5.41, 5.74) is 2.97. The molecule has 2 rings (SSSR count). The monoisotopic (exact) mass is 334 g/mol. The van der Waals surface area contributed by atoms with Crippen LogP contribution in [0.1, 0.15) is 30.7 Å². The Hall–Kier alpha value is -1.41. The lowest BCUT2D eigenvalue weighted by Crippen LogP contribution is -2.04. The quantitative estimate of drug-likeness (QED) is 0.857. The lowest BCUT2D eigenvalue weighted by atomic mass is 10.2. The first-order chi connectivity index (χ1) is 10.6. The van der Waals surface area contributed by atoms with Crippen LogP contribution in [0.2, 0.25) is 5.02 Å². The summed E-state index contributed by atoms with van der Waals surface area (Å²) in [4.78, 5) is 0.960. The summed E-state index contributed by atoms with van der Waals surface area (Å²) in [6, 6.07) is 9.71. The number of aliphatic hydroxyl groups is 1. The van der Waals surface area contributed by atoms with E-state index in [9.17, 15) is 5.11 Å². The fraction of sp³-hybridized carbons (Fsp3) is 0.353. The Morgan fingerprint density at radius 3 is 2.64 bits per heavy atom. The van der Waals surface area contributed by atoms with Crippen LogP contribution in [-0.2, 0) is 19.4 Å². The molecule has 0 amide bonds. The molecule has 0 unspecified atom stereocenters. The highest BCUT2D eigenvalue weighted by Gasteiger charge is 2.14. The van der Waals surface area contributed by atoms with Gasteiger partial charge in [-0.05, 0) is 43.2 Å². The molecule has 22 heavy (non-hydrogen) atoms. The van der Waals surface area contributed by atoms with Gasteiger partial charge in [0.15, 0.2) is 0 Å². The summed E-state index contributed by atoms with van der Waals surface area (Å²) in [7, 11) is 0. The van der Waals surface area contributed by atoms with Crippen LogP contribution in [0.25, 0.3) is 0 Å². The Morgan fingerprint density at radius 1 is 1.27 bits per heavy atom. The third-order valence-corrected chi connectivity index (χ3v) is 4.85. The van der Waals surface area contributed by atoms with Crippen molar-refractivity contribution >= 4 is 23.4 Å². The molecule has 0 saturated carbocycles. The van der Waals surface area contributed by atoms with Gasteiger partial charge in [0, 0.05) is 35.2 Å². The van der Waals surface area contributed by atoms with Gasteiger partial charge in [-0.1, -0.05) is 30.3 Å². The van der Waals surface area contributed by atoms with E-state index in [0.717, 1.165) is 23.6 Å². The van der Waals surface area contributed by atoms with E-state index in [2.05, 4.69) is 30.6 Å². The van der Waals surface area contributed by atoms with E-state index in [1.165, 1.54) is 10.6 Å². The summed E-state index contributed by atoms with van der Waals surface area (Å²) in [5, 5.41) is 20.1. The van der Waals surface area contributed by atoms with Gasteiger partial charge in [0.25, 0.3) is 0 Å². The van der Waals surface area contributed by atoms with E-state index in [4.69, 9.17) is 16.9 Å². The highest BCUT2D eigenvalue weighted by molar-refractivity contribution is 7.99. The maximum Gasteiger partial charge on any atom is 0.0992 e. The van der Waals surface area contributed by atoms with E-state index in [1.54, 1.807) is 17.8 Å². The van der Waals surface area contributed by atoms with Crippen LogP contribution in [0.5, 0.6) is 0 Å². The topological polar surface area (TPSA) is 49.0 Å². The summed E-state index contributed by atoms with van der Waals surface area (Å²) in [6.45, 7) is 5.22. The molecule has 5 heteroatoms. The van der Waals surface area contributed by atoms with Crippen molar-refractivity contribution in [1.29, 1.82) is 5.26 Å². The average molecular weight is 335 g/mol. The minimum atomic E-state index is 0.146. The first-order valence-electron chi connectivity index (χ1n) is 7.33. The van der Waals surface area contributed by atoms with E-state index in [0.29, 0.717) is 17.0 Å². The smallest absolute Gasteiger partial charge is 0.0992 e. The summed E-state index contributed by atoms with van der Waals surface area (Å²) in [6.07, 6.45) is 1.58. The van der Waals surface area contributed by atoms with Crippen LogP contribution in [0.3, 0.4) is 0 Å². The van der Waals surface area contributed by atoms with E-state index in [-0.39, 0.29) is 6.61 Å². The van der Waals surface area contributed by atoms with Crippen LogP contribution < -0.4 is 0 Å². The van der Waals surface area contributed by atoms with Crippen LogP contribution in [0, 0.1) is 11.3 Å². The van der Waals surface area contributed by atoms with Gasteiger partial charge in [-0.3, -0.25) is 0 Å². The molecule has 0 bridgehead atoms. The number of halogens is 1. The zero-order valence-electron chi connectivity index (χ0n) is 12.8. The Bertz CT molecular complexity index is 703. The number of hydrogen-bond acceptors (Lipinski definition) is 3. The molecule has 1 aromatic heterocycles. The lowest BCUT2D eigenvalue weighted by molar-refractivity contribution is 0.296. The Morgan fingerprint density at radius 2 is 2.05 bits per heavy atom. The second-order valence-electron chi connectivity index (χ2n) is 4.93. The van der Waals surface area contributed by atoms with Crippen molar-refractivity contribution < 1.29 is 5.11 Å². The Kier molecular flexibility index (Phi) is 5.96. The molecular weight excluding hydrogens is 316 g/mol. The molecule has 1 heterocycles. The first kappa shape index (κ1) is 17.0. The number of aromatic nitrogens is 1. The molecule has 1 aromatic carbocycles. The van der Waals surface area contributed by atoms with Crippen molar-refractivity contribution in [1.82, 2.24) is 4.57 Å². The highest BCUT2D eigenvalue weighted by atomic mass is 35.5. The maximum absolute atomic E-state index is 9.23. The predicted molar refractivity (Wildman–Crippen MR) is 90.6 cm³/mol. The molecule has 0 aliphatic heterocycles. The van der Waals surface area contributed by atoms with Gasteiger partial charge in [-0.15, -0.1) is 0 Å². The zero-order chi connectivity index (χ0) is 16.1. The predicted octanol–water partition coefficient (Wildman–Crippen LogP) is 4.28. The third-order valence-electron chi connectivity index (χ3n) is 3.49. The largest absolute Gasteiger partial charge is 0.396 e. The van der Waals surface area contributed by atoms with E-state index < -0.39 is 0 Å². The molecule has 0 spiro atoms. The van der Waals surface area contributed by atoms with Crippen molar-refractivity contribution in [2.75, 3.05) is 6.61 Å². The maximum atomic E-state index is 9.23. The van der Waals surface area contributed by atoms with Crippen LogP contribution in [0.15, 0.2) is 34.2 Å². The number of aliphatic hydroxyl groups excluding tert-OH is 1. The number of nitriles is 1. The zero-order valence-corrected chi connectivity index (χ0v) is 14.3. The highest BCUT2D eigenvalue weighted by Crippen LogP contribution is 2.35. The number of rotatable bonds is 6. The van der Waals surface area contributed by atoms with Crippen molar-refractivity contribution in [3.63, 3.8) is 0 Å². The van der Waals surface area contributed by atoms with Crippen LogP contribution in [-0.4, -0.2) is 16.3 Å². The van der Waals surface area contributed by atoms with Gasteiger partial charge in [0.05, 0.1) is 16.7 Å². The average Bonchev–Trinajstić information content (AvgIpc) is 2.83. The van der Waals surface area contributed by atoms with Crippen LogP contribution >= 0.6 is 23.4 Å². The summed E-state index contributed by atoms with van der Waals surface area (Å²) < 4.78 is 2.23. The van der Waals surface area contributed by atoms with Crippen molar-refractivity contribution in [3.8, 4) is 6.07 Å². The molecule has 0 fully saturated rings. The normalized spacial score (nSPS) is 10.7. The molecular formula is C17H19ClN2OS. The molecule has 0 aliphatic carbocycles. The SMILES string of the molecule is CCc1cc(CCO)n(CC)c1Sc1cc(Cl)cc(C#N)c1. The second-order valence-corrected chi connectivity index (χ2v) is 6.43. The van der Waals surface area contributed by atoms with Crippen molar-refractivity contribution in [2.24, 2.45) is 0 Å². The van der Waals surface area contributed by atoms with Gasteiger partial charge in [-0.25, -0.2) is 0 Å². The van der Waals surface area contributed by atoms with E-state index in [1.807, 2.05) is 12.1 Å². The number of aryl methyl sites for hydroxylation is 1. The minimum absolute atomic E-state index is 0.146. The number of benzene rings is 1. The standard InChI is InChI=1S/C17H19ClN2OS/c1-3-13-9-15(5-6-21)20(4-2)17(13)22-16-8-12(11-19)7-14(18)10-16/h7-10,21H,3-6H2,1-2H3. The lowest BCUT2D eigenvalue weighted by Gasteiger charge is -2.12. The van der Waals surface area contributed by atoms with Gasteiger partial charge in [-0.2, -0.15) is 5.26 Å². The van der Waals surface area contributed by atoms with Crippen molar-refractivity contribution in [3.05, 3.63) is 46.1 Å². The second kappa shape index (κ2) is 7.73. The molecule has 0 saturated heterocycles. The fourth-order valence-corrected chi connectivity index (χ4v) is 4.07. The molecule has 116 valence electrons.